The maximum Gasteiger partial charge on any atom is 0.258 e. The second-order valence-electron chi connectivity index (χ2n) is 13.1. The summed E-state index contributed by atoms with van der Waals surface area (Å²) in [5.74, 6) is -0.602. The van der Waals surface area contributed by atoms with Crippen LogP contribution in [-0.2, 0) is 20.7 Å². The van der Waals surface area contributed by atoms with E-state index < -0.39 is 23.5 Å². The van der Waals surface area contributed by atoms with Crippen molar-refractivity contribution in [3.05, 3.63) is 76.7 Å². The largest absolute Gasteiger partial charge is 0.380 e. The highest BCUT2D eigenvalue weighted by Crippen LogP contribution is 2.40. The number of H-pyrrole nitrogens is 1. The van der Waals surface area contributed by atoms with Gasteiger partial charge in [-0.2, -0.15) is 5.10 Å². The number of aromatic nitrogens is 4. The number of nitrogens with one attached hydrogen (secondary N) is 3. The Morgan fingerprint density at radius 1 is 1.09 bits per heavy atom. The summed E-state index contributed by atoms with van der Waals surface area (Å²) >= 11 is 6.65. The first-order valence-corrected chi connectivity index (χ1v) is 16.4. The minimum Gasteiger partial charge on any atom is -0.380 e. The minimum absolute atomic E-state index is 0.0540. The molecule has 3 N–H and O–H groups in total. The summed E-state index contributed by atoms with van der Waals surface area (Å²) in [6.07, 6.45) is 4.29. The molecule has 47 heavy (non-hydrogen) atoms. The molecular weight excluding hydrogens is 621 g/mol. The molecule has 1 spiro atoms. The van der Waals surface area contributed by atoms with Gasteiger partial charge in [-0.05, 0) is 81.0 Å². The van der Waals surface area contributed by atoms with Gasteiger partial charge in [-0.1, -0.05) is 29.8 Å². The molecule has 2 aliphatic heterocycles. The molecular formula is C35H37ClFN7O3. The highest BCUT2D eigenvalue weighted by molar-refractivity contribution is 6.31. The Morgan fingerprint density at radius 3 is 2.53 bits per heavy atom. The number of aryl methyl sites for hydroxylation is 2. The molecule has 2 saturated heterocycles. The Bertz CT molecular complexity index is 1800. The van der Waals surface area contributed by atoms with Crippen LogP contribution in [0.3, 0.4) is 0 Å². The average molecular weight is 658 g/mol. The first-order chi connectivity index (χ1) is 22.6. The molecule has 244 valence electrons. The quantitative estimate of drug-likeness (QED) is 0.214. The molecule has 10 nitrogen and oxygen atoms in total. The van der Waals surface area contributed by atoms with Gasteiger partial charge in [-0.15, -0.1) is 0 Å². The van der Waals surface area contributed by atoms with Crippen molar-refractivity contribution in [2.75, 3.05) is 36.5 Å². The van der Waals surface area contributed by atoms with Crippen LogP contribution in [0.4, 0.5) is 16.0 Å². The summed E-state index contributed by atoms with van der Waals surface area (Å²) in [4.78, 5) is 38.1. The van der Waals surface area contributed by atoms with Gasteiger partial charge < -0.3 is 20.3 Å². The molecule has 7 rings (SSSR count). The predicted octanol–water partition coefficient (Wildman–Crippen LogP) is 5.59. The number of carbonyl (C=O) groups excluding carboxylic acids is 2. The maximum atomic E-state index is 14.8. The lowest BCUT2D eigenvalue weighted by atomic mass is 9.78. The monoisotopic (exact) mass is 657 g/mol. The number of amides is 2. The van der Waals surface area contributed by atoms with Crippen molar-refractivity contribution in [3.8, 4) is 22.4 Å². The zero-order chi connectivity index (χ0) is 32.8. The van der Waals surface area contributed by atoms with Gasteiger partial charge in [0.15, 0.2) is 5.67 Å². The average Bonchev–Trinajstić information content (AvgIpc) is 3.74. The van der Waals surface area contributed by atoms with Crippen LogP contribution in [0.25, 0.3) is 22.4 Å². The van der Waals surface area contributed by atoms with Crippen molar-refractivity contribution in [2.45, 2.75) is 57.7 Å². The Kier molecular flexibility index (Phi) is 8.21. The van der Waals surface area contributed by atoms with E-state index in [2.05, 4.69) is 30.7 Å². The van der Waals surface area contributed by atoms with Crippen LogP contribution in [0, 0.1) is 19.3 Å². The third-order valence-corrected chi connectivity index (χ3v) is 9.82. The van der Waals surface area contributed by atoms with E-state index in [1.807, 2.05) is 44.2 Å². The normalized spacial score (nSPS) is 18.3. The summed E-state index contributed by atoms with van der Waals surface area (Å²) in [5, 5.41) is 13.2. The molecule has 4 heterocycles. The van der Waals surface area contributed by atoms with Crippen molar-refractivity contribution in [1.29, 1.82) is 0 Å². The Hall–Kier alpha value is -4.35. The number of anilines is 2. The number of hydrogen-bond acceptors (Lipinski definition) is 7. The summed E-state index contributed by atoms with van der Waals surface area (Å²) in [7, 11) is 0. The molecule has 0 bridgehead atoms. The van der Waals surface area contributed by atoms with Crippen LogP contribution in [-0.4, -0.2) is 70.0 Å². The molecule has 2 aromatic heterocycles. The fourth-order valence-corrected chi connectivity index (χ4v) is 6.73. The highest BCUT2D eigenvalue weighted by Gasteiger charge is 2.51. The van der Waals surface area contributed by atoms with Crippen molar-refractivity contribution in [1.82, 2.24) is 25.5 Å². The molecule has 3 aliphatic rings. The lowest BCUT2D eigenvalue weighted by Gasteiger charge is -2.48. The van der Waals surface area contributed by atoms with E-state index in [-0.39, 0.29) is 24.7 Å². The highest BCUT2D eigenvalue weighted by atomic mass is 35.5. The predicted molar refractivity (Wildman–Crippen MR) is 178 cm³/mol. The standard InChI is InChI=1S/C35H37ClFN7O3/c1-21-30(22(2)43-42-21)23-4-7-26(8-5-23)39-31(45)29(40-32(46)35(37)12-13-35)17-25-16-24(6-9-27(25)36)28-10-14-38-33(41-28)44-15-3-11-34(18-44)19-47-20-34/h4-10,14,16,29H,3,11-13,15,17-20H2,1-2H3,(H,39,45)(H,40,46)(H,42,43)/t29-/m0/s1. The molecule has 1 atom stereocenters. The van der Waals surface area contributed by atoms with Gasteiger partial charge in [-0.25, -0.2) is 14.4 Å². The summed E-state index contributed by atoms with van der Waals surface area (Å²) in [6.45, 7) is 7.17. The second kappa shape index (κ2) is 12.4. The van der Waals surface area contributed by atoms with Gasteiger partial charge in [-0.3, -0.25) is 14.7 Å². The van der Waals surface area contributed by atoms with E-state index in [4.69, 9.17) is 21.3 Å². The first kappa shape index (κ1) is 31.3. The number of rotatable bonds is 9. The van der Waals surface area contributed by atoms with E-state index in [1.54, 1.807) is 24.4 Å². The molecule has 2 aromatic carbocycles. The van der Waals surface area contributed by atoms with Gasteiger partial charge in [0.1, 0.15) is 6.04 Å². The Balaban J connectivity index is 1.11. The van der Waals surface area contributed by atoms with Crippen LogP contribution in [0.5, 0.6) is 0 Å². The van der Waals surface area contributed by atoms with E-state index in [1.165, 1.54) is 0 Å². The molecule has 3 fully saturated rings. The number of ether oxygens (including phenoxy) is 1. The molecule has 1 saturated carbocycles. The zero-order valence-corrected chi connectivity index (χ0v) is 27.2. The molecule has 12 heteroatoms. The van der Waals surface area contributed by atoms with Crippen molar-refractivity contribution < 1.29 is 18.7 Å². The second-order valence-corrected chi connectivity index (χ2v) is 13.5. The lowest BCUT2D eigenvalue weighted by Crippen LogP contribution is -2.54. The number of benzene rings is 2. The number of carbonyl (C=O) groups is 2. The summed E-state index contributed by atoms with van der Waals surface area (Å²) in [6, 6.07) is 13.6. The van der Waals surface area contributed by atoms with E-state index in [9.17, 15) is 14.0 Å². The molecule has 1 aliphatic carbocycles. The SMILES string of the molecule is Cc1n[nH]c(C)c1-c1ccc(NC(=O)[C@H](Cc2cc(-c3ccnc(N4CCCC5(COC5)C4)n3)ccc2Cl)NC(=O)C2(F)CC2)cc1. The number of halogens is 2. The number of piperidine rings is 1. The van der Waals surface area contributed by atoms with E-state index >= 15 is 0 Å². The molecule has 2 amide bonds. The van der Waals surface area contributed by atoms with Gasteiger partial charge in [0.05, 0.1) is 24.6 Å². The van der Waals surface area contributed by atoms with Crippen molar-refractivity contribution >= 4 is 35.1 Å². The third-order valence-electron chi connectivity index (χ3n) is 9.46. The van der Waals surface area contributed by atoms with Gasteiger partial charge in [0.25, 0.3) is 5.91 Å². The van der Waals surface area contributed by atoms with E-state index in [0.717, 1.165) is 67.2 Å². The lowest BCUT2D eigenvalue weighted by molar-refractivity contribution is -0.131. The summed E-state index contributed by atoms with van der Waals surface area (Å²) in [5.41, 5.74) is 4.70. The minimum atomic E-state index is -1.94. The Labute approximate surface area is 277 Å². The Morgan fingerprint density at radius 2 is 1.85 bits per heavy atom. The van der Waals surface area contributed by atoms with Crippen LogP contribution < -0.4 is 15.5 Å². The fourth-order valence-electron chi connectivity index (χ4n) is 6.54. The number of nitrogens with zero attached hydrogens (tertiary/aromatic N) is 4. The van der Waals surface area contributed by atoms with Gasteiger partial charge in [0, 0.05) is 58.7 Å². The molecule has 0 radical (unpaired) electrons. The van der Waals surface area contributed by atoms with Crippen LogP contribution in [0.2, 0.25) is 5.02 Å². The smallest absolute Gasteiger partial charge is 0.258 e. The number of aromatic amines is 1. The number of alkyl halides is 1. The van der Waals surface area contributed by atoms with Crippen molar-refractivity contribution in [3.63, 3.8) is 0 Å². The summed E-state index contributed by atoms with van der Waals surface area (Å²) < 4.78 is 20.3. The number of hydrogen-bond donors (Lipinski definition) is 3. The first-order valence-electron chi connectivity index (χ1n) is 16.0. The topological polar surface area (TPSA) is 125 Å². The van der Waals surface area contributed by atoms with Crippen LogP contribution in [0.1, 0.15) is 42.6 Å². The van der Waals surface area contributed by atoms with Crippen LogP contribution >= 0.6 is 11.6 Å². The molecule has 4 aromatic rings. The zero-order valence-electron chi connectivity index (χ0n) is 26.4. The molecule has 0 unspecified atom stereocenters. The van der Waals surface area contributed by atoms with Crippen LogP contribution in [0.15, 0.2) is 54.7 Å². The van der Waals surface area contributed by atoms with Gasteiger partial charge in [0.2, 0.25) is 11.9 Å². The van der Waals surface area contributed by atoms with E-state index in [0.29, 0.717) is 27.9 Å². The maximum absolute atomic E-state index is 14.8. The van der Waals surface area contributed by atoms with Gasteiger partial charge >= 0.3 is 0 Å². The van der Waals surface area contributed by atoms with Crippen molar-refractivity contribution in [2.24, 2.45) is 5.41 Å². The third kappa shape index (κ3) is 6.46. The fraction of sp³-hybridized carbons (Fsp3) is 0.400.